The number of carbonyl (C=O) groups is 1. The molecule has 4 aliphatic rings. The maximum absolute atomic E-state index is 12.7. The van der Waals surface area contributed by atoms with Gasteiger partial charge in [-0.05, 0) is 56.7 Å². The molecule has 2 saturated heterocycles. The molecule has 3 fully saturated rings. The molecule has 2 aromatic rings. The van der Waals surface area contributed by atoms with Crippen molar-refractivity contribution in [2.75, 3.05) is 57.9 Å². The van der Waals surface area contributed by atoms with Crippen molar-refractivity contribution in [3.63, 3.8) is 0 Å². The number of rotatable bonds is 7. The van der Waals surface area contributed by atoms with Crippen LogP contribution in [-0.2, 0) is 9.53 Å². The Morgan fingerprint density at radius 3 is 2.58 bits per heavy atom. The summed E-state index contributed by atoms with van der Waals surface area (Å²) in [6.45, 7) is 7.22. The number of aliphatic hydroxyl groups is 1. The summed E-state index contributed by atoms with van der Waals surface area (Å²) in [5, 5.41) is 21.8. The summed E-state index contributed by atoms with van der Waals surface area (Å²) < 4.78 is 8.15. The van der Waals surface area contributed by atoms with Crippen LogP contribution in [0.1, 0.15) is 44.6 Å². The number of anilines is 1. The van der Waals surface area contributed by atoms with Crippen LogP contribution >= 0.6 is 0 Å². The summed E-state index contributed by atoms with van der Waals surface area (Å²) in [5.41, 5.74) is 5.15. The predicted octanol–water partition coefficient (Wildman–Crippen LogP) is 3.23. The third-order valence-electron chi connectivity index (χ3n) is 9.80. The summed E-state index contributed by atoms with van der Waals surface area (Å²) in [6.07, 6.45) is 15.0. The first-order valence-corrected chi connectivity index (χ1v) is 14.8. The van der Waals surface area contributed by atoms with Gasteiger partial charge in [0.15, 0.2) is 0 Å². The molecule has 0 bridgehead atoms. The van der Waals surface area contributed by atoms with E-state index in [0.29, 0.717) is 24.5 Å². The Bertz CT molecular complexity index is 1310. The lowest BCUT2D eigenvalue weighted by molar-refractivity contribution is -0.136. The largest absolute Gasteiger partial charge is 0.395 e. The van der Waals surface area contributed by atoms with Crippen LogP contribution in [0.25, 0.3) is 11.1 Å². The van der Waals surface area contributed by atoms with Crippen molar-refractivity contribution in [2.24, 2.45) is 11.8 Å². The fourth-order valence-corrected chi connectivity index (χ4v) is 6.97. The molecule has 214 valence electrons. The van der Waals surface area contributed by atoms with E-state index in [4.69, 9.17) is 10.1 Å². The Kier molecular flexibility index (Phi) is 7.54. The molecule has 1 unspecified atom stereocenters. The first-order chi connectivity index (χ1) is 19.4. The summed E-state index contributed by atoms with van der Waals surface area (Å²) in [7, 11) is 1.85. The number of nitrogens with one attached hydrogen (secondary N) is 1. The molecular weight excluding hydrogens is 504 g/mol. The lowest BCUT2D eigenvalue weighted by atomic mass is 9.75. The molecule has 4 heterocycles. The minimum atomic E-state index is -0.158. The maximum Gasteiger partial charge on any atom is 0.226 e. The fraction of sp³-hybridized carbons (Fsp3) is 0.581. The van der Waals surface area contributed by atoms with Crippen LogP contribution in [0.15, 0.2) is 42.8 Å². The number of amides is 1. The highest BCUT2D eigenvalue weighted by Gasteiger charge is 2.41. The number of aliphatic hydroxyl groups excluding tert-OH is 1. The summed E-state index contributed by atoms with van der Waals surface area (Å²) in [5.74, 6) is 0.580. The van der Waals surface area contributed by atoms with E-state index < -0.39 is 0 Å². The minimum absolute atomic E-state index is 0.0258. The van der Waals surface area contributed by atoms with Gasteiger partial charge < -0.3 is 25.1 Å². The number of hydrogen-bond acceptors (Lipinski definition) is 7. The first-order valence-electron chi connectivity index (χ1n) is 14.8. The van der Waals surface area contributed by atoms with Gasteiger partial charge in [0, 0.05) is 87.9 Å². The van der Waals surface area contributed by atoms with Crippen LogP contribution in [0.4, 0.5) is 5.69 Å². The van der Waals surface area contributed by atoms with Crippen LogP contribution in [0, 0.1) is 17.2 Å². The number of carbonyl (C=O) groups excluding carboxylic acids is 1. The Hall–Kier alpha value is -3.01. The van der Waals surface area contributed by atoms with E-state index in [0.717, 1.165) is 75.3 Å². The van der Waals surface area contributed by atoms with Crippen molar-refractivity contribution in [2.45, 2.75) is 50.7 Å². The SMILES string of the molecule is COC1(C2C=CC(c3cc4c(N5CCN(C(=O)C6CC(=N)C6)CC5)ccnn4c3)=CC2)CCN([C@@H](C)CO)CC1. The third-order valence-corrected chi connectivity index (χ3v) is 9.80. The maximum atomic E-state index is 12.7. The average Bonchev–Trinajstić information content (AvgIpc) is 3.44. The standard InChI is InChI=1S/C31H42N6O3/c1-22(21-38)34-11-8-31(40-2,9-12-34)26-5-3-23(4-6-26)25-19-29-28(7-10-33-37(29)20-25)35-13-15-36(16-14-35)30(39)24-17-27(32)18-24/h3-5,7,10,19-20,22,24,26,32,38H,6,8-9,11-18,21H2,1-2H3/t22-,24?,26?/m0/s1. The van der Waals surface area contributed by atoms with E-state index in [9.17, 15) is 9.90 Å². The third kappa shape index (κ3) is 4.99. The smallest absolute Gasteiger partial charge is 0.226 e. The van der Waals surface area contributed by atoms with E-state index in [-0.39, 0.29) is 30.1 Å². The number of piperidine rings is 1. The molecule has 40 heavy (non-hydrogen) atoms. The van der Waals surface area contributed by atoms with Gasteiger partial charge in [0.2, 0.25) is 5.91 Å². The molecule has 2 N–H and O–H groups in total. The van der Waals surface area contributed by atoms with Gasteiger partial charge in [0.25, 0.3) is 0 Å². The highest BCUT2D eigenvalue weighted by molar-refractivity contribution is 5.97. The second-order valence-corrected chi connectivity index (χ2v) is 12.0. The summed E-state index contributed by atoms with van der Waals surface area (Å²) >= 11 is 0. The number of likely N-dealkylation sites (tertiary alicyclic amines) is 1. The summed E-state index contributed by atoms with van der Waals surface area (Å²) in [6, 6.07) is 4.51. The van der Waals surface area contributed by atoms with Gasteiger partial charge in [-0.25, -0.2) is 4.52 Å². The van der Waals surface area contributed by atoms with Gasteiger partial charge in [-0.1, -0.05) is 18.2 Å². The number of aromatic nitrogens is 2. The van der Waals surface area contributed by atoms with E-state index in [1.54, 1.807) is 0 Å². The van der Waals surface area contributed by atoms with Crippen LogP contribution in [0.3, 0.4) is 0 Å². The van der Waals surface area contributed by atoms with Crippen molar-refractivity contribution in [1.29, 1.82) is 5.41 Å². The second kappa shape index (κ2) is 11.1. The molecule has 6 rings (SSSR count). The molecule has 2 aliphatic heterocycles. The highest BCUT2D eigenvalue weighted by Crippen LogP contribution is 2.40. The predicted molar refractivity (Wildman–Crippen MR) is 157 cm³/mol. The zero-order valence-corrected chi connectivity index (χ0v) is 23.8. The lowest BCUT2D eigenvalue weighted by Gasteiger charge is -2.46. The van der Waals surface area contributed by atoms with Crippen LogP contribution in [0.2, 0.25) is 0 Å². The number of nitrogens with zero attached hydrogens (tertiary/aromatic N) is 5. The molecule has 9 nitrogen and oxygen atoms in total. The number of hydrogen-bond donors (Lipinski definition) is 2. The van der Waals surface area contributed by atoms with Gasteiger partial charge >= 0.3 is 0 Å². The second-order valence-electron chi connectivity index (χ2n) is 12.0. The number of methoxy groups -OCH3 is 1. The molecule has 0 spiro atoms. The van der Waals surface area contributed by atoms with E-state index >= 15 is 0 Å². The molecule has 1 saturated carbocycles. The number of ether oxygens (including phenoxy) is 1. The van der Waals surface area contributed by atoms with Crippen molar-refractivity contribution in [3.8, 4) is 0 Å². The van der Waals surface area contributed by atoms with Gasteiger partial charge in [0.1, 0.15) is 0 Å². The molecule has 2 aromatic heterocycles. The van der Waals surface area contributed by atoms with Gasteiger partial charge in [0.05, 0.1) is 23.4 Å². The summed E-state index contributed by atoms with van der Waals surface area (Å²) in [4.78, 5) is 19.4. The highest BCUT2D eigenvalue weighted by atomic mass is 16.5. The van der Waals surface area contributed by atoms with Gasteiger partial charge in [-0.2, -0.15) is 5.10 Å². The van der Waals surface area contributed by atoms with Crippen LogP contribution < -0.4 is 4.90 Å². The molecule has 2 aliphatic carbocycles. The zero-order chi connectivity index (χ0) is 27.9. The molecule has 0 radical (unpaired) electrons. The van der Waals surface area contributed by atoms with Crippen molar-refractivity contribution >= 4 is 28.4 Å². The Balaban J connectivity index is 1.12. The topological polar surface area (TPSA) is 97.4 Å². The number of fused-ring (bicyclic) bond motifs is 1. The van der Waals surface area contributed by atoms with Crippen LogP contribution in [0.5, 0.6) is 0 Å². The quantitative estimate of drug-likeness (QED) is 0.554. The van der Waals surface area contributed by atoms with E-state index in [1.165, 1.54) is 5.57 Å². The Morgan fingerprint density at radius 1 is 1.20 bits per heavy atom. The fourth-order valence-electron chi connectivity index (χ4n) is 6.97. The number of piperazine rings is 1. The molecular formula is C31H42N6O3. The molecule has 1 amide bonds. The molecule has 9 heteroatoms. The first kappa shape index (κ1) is 27.2. The Labute approximate surface area is 236 Å². The van der Waals surface area contributed by atoms with E-state index in [1.807, 2.05) is 22.7 Å². The average molecular weight is 547 g/mol. The Morgan fingerprint density at radius 2 is 1.95 bits per heavy atom. The van der Waals surface area contributed by atoms with Gasteiger partial charge in [-0.3, -0.25) is 9.69 Å². The normalized spacial score (nSPS) is 26.1. The monoisotopic (exact) mass is 546 g/mol. The van der Waals surface area contributed by atoms with Crippen molar-refractivity contribution in [1.82, 2.24) is 19.4 Å². The van der Waals surface area contributed by atoms with Gasteiger partial charge in [-0.15, -0.1) is 0 Å². The van der Waals surface area contributed by atoms with Crippen molar-refractivity contribution in [3.05, 3.63) is 48.3 Å². The number of allylic oxidation sites excluding steroid dienone is 3. The lowest BCUT2D eigenvalue weighted by Crippen LogP contribution is -2.52. The zero-order valence-electron chi connectivity index (χ0n) is 23.8. The van der Waals surface area contributed by atoms with Crippen LogP contribution in [-0.4, -0.2) is 101 Å². The van der Waals surface area contributed by atoms with Crippen molar-refractivity contribution < 1.29 is 14.6 Å². The van der Waals surface area contributed by atoms with E-state index in [2.05, 4.69) is 58.4 Å². The molecule has 2 atom stereocenters. The molecule has 0 aromatic carbocycles. The minimum Gasteiger partial charge on any atom is -0.395 e.